The number of carbonyl (C=O) groups is 1. The summed E-state index contributed by atoms with van der Waals surface area (Å²) in [6, 6.07) is 13.7. The molecule has 1 fully saturated rings. The van der Waals surface area contributed by atoms with Crippen molar-refractivity contribution in [3.8, 4) is 28.3 Å². The molecule has 0 aliphatic heterocycles. The minimum absolute atomic E-state index is 0.0133. The fourth-order valence-electron chi connectivity index (χ4n) is 5.21. The molecule has 2 unspecified atom stereocenters. The van der Waals surface area contributed by atoms with Gasteiger partial charge in [-0.15, -0.1) is 0 Å². The molecule has 1 aliphatic rings. The molecular weight excluding hydrogens is 613 g/mol. The number of aliphatic hydroxyl groups is 1. The average Bonchev–Trinajstić information content (AvgIpc) is 2.99. The van der Waals surface area contributed by atoms with Gasteiger partial charge in [0.25, 0.3) is 11.5 Å². The van der Waals surface area contributed by atoms with Gasteiger partial charge < -0.3 is 20.5 Å². The van der Waals surface area contributed by atoms with Crippen LogP contribution in [0.15, 0.2) is 59.5 Å². The third-order valence-electron chi connectivity index (χ3n) is 7.56. The highest BCUT2D eigenvalue weighted by molar-refractivity contribution is 6.39. The van der Waals surface area contributed by atoms with E-state index in [4.69, 9.17) is 44.5 Å². The summed E-state index contributed by atoms with van der Waals surface area (Å²) in [5.74, 6) is -0.257. The number of methoxy groups -OCH3 is 1. The number of aromatic nitrogens is 3. The maximum Gasteiger partial charge on any atom is 0.279 e. The quantitative estimate of drug-likeness (QED) is 0.212. The van der Waals surface area contributed by atoms with Gasteiger partial charge in [0.15, 0.2) is 0 Å². The van der Waals surface area contributed by atoms with Crippen LogP contribution in [0.25, 0.3) is 22.4 Å². The van der Waals surface area contributed by atoms with Crippen LogP contribution in [0.1, 0.15) is 41.6 Å². The Kier molecular flexibility index (Phi) is 9.68. The second-order valence-electron chi connectivity index (χ2n) is 10.3. The molecule has 3 N–H and O–H groups in total. The van der Waals surface area contributed by atoms with Gasteiger partial charge in [-0.25, -0.2) is 9.67 Å². The molecule has 2 atom stereocenters. The zero-order valence-electron chi connectivity index (χ0n) is 23.5. The Balaban J connectivity index is 1.44. The smallest absolute Gasteiger partial charge is 0.279 e. The van der Waals surface area contributed by atoms with Crippen molar-refractivity contribution in [1.29, 1.82) is 0 Å². The molecular formula is C31H30Cl3N5O4. The first-order valence-electron chi connectivity index (χ1n) is 13.8. The molecule has 0 radical (unpaired) electrons. The number of hydrogen-bond donors (Lipinski definition) is 3. The zero-order valence-corrected chi connectivity index (χ0v) is 25.8. The van der Waals surface area contributed by atoms with E-state index in [0.717, 1.165) is 30.4 Å². The highest BCUT2D eigenvalue weighted by atomic mass is 35.5. The molecule has 2 aromatic carbocycles. The molecule has 0 bridgehead atoms. The summed E-state index contributed by atoms with van der Waals surface area (Å²) in [7, 11) is 2.99. The van der Waals surface area contributed by atoms with E-state index in [2.05, 4.69) is 15.7 Å². The predicted molar refractivity (Wildman–Crippen MR) is 169 cm³/mol. The Hall–Kier alpha value is -3.47. The monoisotopic (exact) mass is 641 g/mol. The van der Waals surface area contributed by atoms with Crippen LogP contribution < -0.4 is 20.9 Å². The molecule has 4 aromatic rings. The van der Waals surface area contributed by atoms with Crippen LogP contribution in [0.5, 0.6) is 5.88 Å². The van der Waals surface area contributed by atoms with E-state index in [1.165, 1.54) is 26.4 Å². The van der Waals surface area contributed by atoms with Gasteiger partial charge in [0, 0.05) is 48.1 Å². The molecule has 0 spiro atoms. The van der Waals surface area contributed by atoms with E-state index in [0.29, 0.717) is 56.1 Å². The van der Waals surface area contributed by atoms with Crippen LogP contribution in [0.4, 0.5) is 5.69 Å². The minimum Gasteiger partial charge on any atom is -0.481 e. The summed E-state index contributed by atoms with van der Waals surface area (Å²) < 4.78 is 6.68. The number of ether oxygens (including phenoxy) is 1. The van der Waals surface area contributed by atoms with E-state index in [-0.39, 0.29) is 16.6 Å². The van der Waals surface area contributed by atoms with Crippen LogP contribution in [0.3, 0.4) is 0 Å². The van der Waals surface area contributed by atoms with Gasteiger partial charge >= 0.3 is 0 Å². The second-order valence-corrected chi connectivity index (χ2v) is 11.4. The number of carbonyl (C=O) groups excluding carboxylic acids is 1. The average molecular weight is 643 g/mol. The number of anilines is 1. The molecule has 1 saturated carbocycles. The van der Waals surface area contributed by atoms with Crippen molar-refractivity contribution in [3.63, 3.8) is 0 Å². The van der Waals surface area contributed by atoms with Crippen molar-refractivity contribution in [2.24, 2.45) is 7.05 Å². The van der Waals surface area contributed by atoms with E-state index in [1.807, 2.05) is 18.2 Å². The van der Waals surface area contributed by atoms with Crippen molar-refractivity contribution >= 4 is 46.4 Å². The lowest BCUT2D eigenvalue weighted by atomic mass is 9.92. The SMILES string of the molecule is COc1nc(-c2cccc(-c3cccc(NC(=O)c4ccnn(C)c4=O)c3Cl)c2Cl)cc(Cl)c1CNC1CCCCC1O. The summed E-state index contributed by atoms with van der Waals surface area (Å²) >= 11 is 20.5. The lowest BCUT2D eigenvalue weighted by molar-refractivity contribution is 0.0901. The topological polar surface area (TPSA) is 118 Å². The van der Waals surface area contributed by atoms with Crippen LogP contribution in [-0.4, -0.2) is 45.0 Å². The maximum absolute atomic E-state index is 12.9. The van der Waals surface area contributed by atoms with Crippen molar-refractivity contribution in [1.82, 2.24) is 20.1 Å². The molecule has 43 heavy (non-hydrogen) atoms. The minimum atomic E-state index is -0.611. The molecule has 5 rings (SSSR count). The highest BCUT2D eigenvalue weighted by Crippen LogP contribution is 2.42. The lowest BCUT2D eigenvalue weighted by Crippen LogP contribution is -2.41. The highest BCUT2D eigenvalue weighted by Gasteiger charge is 2.24. The number of hydrogen-bond acceptors (Lipinski definition) is 7. The molecule has 1 amide bonds. The Morgan fingerprint density at radius 3 is 2.49 bits per heavy atom. The lowest BCUT2D eigenvalue weighted by Gasteiger charge is -2.28. The molecule has 2 aromatic heterocycles. The normalized spacial score (nSPS) is 16.6. The van der Waals surface area contributed by atoms with Gasteiger partial charge in [0.05, 0.1) is 39.7 Å². The number of nitrogens with one attached hydrogen (secondary N) is 2. The third-order valence-corrected chi connectivity index (χ3v) is 8.71. The number of rotatable bonds is 8. The van der Waals surface area contributed by atoms with Gasteiger partial charge in [-0.3, -0.25) is 9.59 Å². The first-order chi connectivity index (χ1) is 20.7. The van der Waals surface area contributed by atoms with Crippen LogP contribution >= 0.6 is 34.8 Å². The van der Waals surface area contributed by atoms with Gasteiger partial charge in [-0.1, -0.05) is 78.0 Å². The Morgan fingerprint density at radius 2 is 1.74 bits per heavy atom. The predicted octanol–water partition coefficient (Wildman–Crippen LogP) is 6.12. The molecule has 0 saturated heterocycles. The summed E-state index contributed by atoms with van der Waals surface area (Å²) in [6.45, 7) is 0.393. The van der Waals surface area contributed by atoms with Crippen LogP contribution in [0, 0.1) is 0 Å². The number of aryl methyl sites for hydroxylation is 1. The fraction of sp³-hybridized carbons (Fsp3) is 0.290. The number of aliphatic hydroxyl groups excluding tert-OH is 1. The van der Waals surface area contributed by atoms with Gasteiger partial charge in [-0.05, 0) is 31.0 Å². The summed E-state index contributed by atoms with van der Waals surface area (Å²) in [6.07, 6.45) is 4.74. The Labute approximate surface area is 263 Å². The number of amides is 1. The van der Waals surface area contributed by atoms with Crippen molar-refractivity contribution < 1.29 is 14.6 Å². The number of pyridine rings is 1. The first kappa shape index (κ1) is 31.0. The van der Waals surface area contributed by atoms with E-state index in [1.54, 1.807) is 24.3 Å². The van der Waals surface area contributed by atoms with Crippen LogP contribution in [0.2, 0.25) is 15.1 Å². The van der Waals surface area contributed by atoms with Crippen molar-refractivity contribution in [3.05, 3.63) is 91.3 Å². The second kappa shape index (κ2) is 13.4. The fourth-order valence-corrected chi connectivity index (χ4v) is 6.06. The van der Waals surface area contributed by atoms with E-state index >= 15 is 0 Å². The van der Waals surface area contributed by atoms with Crippen LogP contribution in [-0.2, 0) is 13.6 Å². The third kappa shape index (κ3) is 6.56. The summed E-state index contributed by atoms with van der Waals surface area (Å²) in [5.41, 5.74) is 2.69. The summed E-state index contributed by atoms with van der Waals surface area (Å²) in [4.78, 5) is 29.9. The molecule has 224 valence electrons. The standard InChI is InChI=1S/C31H30Cl3N5O4/c1-39-31(42)20(13-14-36-39)29(41)37-24-11-6-8-18(28(24)34)17-7-5-9-19(27(17)33)25-15-22(32)21(30(38-25)43-2)16-35-23-10-3-4-12-26(23)40/h5-9,11,13-15,23,26,35,40H,3-4,10,12,16H2,1-2H3,(H,37,41). The van der Waals surface area contributed by atoms with E-state index in [9.17, 15) is 14.7 Å². The molecule has 9 nitrogen and oxygen atoms in total. The summed E-state index contributed by atoms with van der Waals surface area (Å²) in [5, 5.41) is 21.4. The number of halogens is 3. The maximum atomic E-state index is 12.9. The Morgan fingerprint density at radius 1 is 1.05 bits per heavy atom. The largest absolute Gasteiger partial charge is 0.481 e. The number of nitrogens with zero attached hydrogens (tertiary/aromatic N) is 3. The molecule has 2 heterocycles. The van der Waals surface area contributed by atoms with Gasteiger partial charge in [0.1, 0.15) is 5.56 Å². The first-order valence-corrected chi connectivity index (χ1v) is 14.9. The zero-order chi connectivity index (χ0) is 30.7. The van der Waals surface area contributed by atoms with Gasteiger partial charge in [0.2, 0.25) is 5.88 Å². The Bertz CT molecular complexity index is 1730. The number of benzene rings is 2. The van der Waals surface area contributed by atoms with E-state index < -0.39 is 17.6 Å². The van der Waals surface area contributed by atoms with Crippen molar-refractivity contribution in [2.75, 3.05) is 12.4 Å². The molecule has 12 heteroatoms. The molecule has 1 aliphatic carbocycles. The van der Waals surface area contributed by atoms with Crippen molar-refractivity contribution in [2.45, 2.75) is 44.4 Å². The van der Waals surface area contributed by atoms with Gasteiger partial charge in [-0.2, -0.15) is 5.10 Å².